The highest BCUT2D eigenvalue weighted by Crippen LogP contribution is 2.32. The molecule has 1 amide bonds. The summed E-state index contributed by atoms with van der Waals surface area (Å²) in [4.78, 5) is 21.0. The van der Waals surface area contributed by atoms with Crippen LogP contribution in [-0.2, 0) is 7.05 Å². The van der Waals surface area contributed by atoms with Crippen LogP contribution in [-0.4, -0.2) is 34.7 Å². The number of hydrogen-bond donors (Lipinski definition) is 1. The zero-order valence-electron chi connectivity index (χ0n) is 14.8. The van der Waals surface area contributed by atoms with Crippen LogP contribution in [0, 0.1) is 0 Å². The molecule has 0 bridgehead atoms. The first-order chi connectivity index (χ1) is 12.6. The lowest BCUT2D eigenvalue weighted by atomic mass is 10.0. The summed E-state index contributed by atoms with van der Waals surface area (Å²) in [7, 11) is 5.04. The summed E-state index contributed by atoms with van der Waals surface area (Å²) in [6.07, 6.45) is 6.70. The van der Waals surface area contributed by atoms with Gasteiger partial charge in [0.25, 0.3) is 5.91 Å². The Morgan fingerprint density at radius 3 is 2.42 bits per heavy atom. The van der Waals surface area contributed by atoms with Gasteiger partial charge in [-0.2, -0.15) is 0 Å². The first kappa shape index (κ1) is 17.5. The van der Waals surface area contributed by atoms with Crippen molar-refractivity contribution < 1.29 is 14.3 Å². The second-order valence-electron chi connectivity index (χ2n) is 5.65. The van der Waals surface area contributed by atoms with Gasteiger partial charge in [0.1, 0.15) is 11.9 Å². The Labute approximate surface area is 151 Å². The van der Waals surface area contributed by atoms with E-state index in [9.17, 15) is 4.79 Å². The first-order valence-electron chi connectivity index (χ1n) is 8.04. The predicted octanol–water partition coefficient (Wildman–Crippen LogP) is 2.35. The maximum absolute atomic E-state index is 12.7. The van der Waals surface area contributed by atoms with Gasteiger partial charge < -0.3 is 19.4 Å². The number of ether oxygens (including phenoxy) is 2. The highest BCUT2D eigenvalue weighted by atomic mass is 16.5. The van der Waals surface area contributed by atoms with Crippen LogP contribution in [0.5, 0.6) is 11.5 Å². The summed E-state index contributed by atoms with van der Waals surface area (Å²) >= 11 is 0. The molecule has 1 N–H and O–H groups in total. The molecule has 134 valence electrons. The molecular weight excluding hydrogens is 332 g/mol. The van der Waals surface area contributed by atoms with E-state index in [1.807, 2.05) is 36.0 Å². The zero-order valence-corrected chi connectivity index (χ0v) is 14.8. The largest absolute Gasteiger partial charge is 0.493 e. The number of amides is 1. The van der Waals surface area contributed by atoms with E-state index in [2.05, 4.69) is 15.3 Å². The van der Waals surface area contributed by atoms with Crippen molar-refractivity contribution in [2.24, 2.45) is 7.05 Å². The zero-order chi connectivity index (χ0) is 18.5. The molecule has 0 aliphatic heterocycles. The molecule has 0 fully saturated rings. The SMILES string of the molecule is COc1ccc(C(NC(=O)c2ccncc2)c2nccn2C)cc1OC. The molecule has 0 spiro atoms. The predicted molar refractivity (Wildman–Crippen MR) is 96.3 cm³/mol. The summed E-state index contributed by atoms with van der Waals surface area (Å²) in [5, 5.41) is 3.04. The highest BCUT2D eigenvalue weighted by Gasteiger charge is 2.22. The van der Waals surface area contributed by atoms with Gasteiger partial charge in [-0.15, -0.1) is 0 Å². The maximum atomic E-state index is 12.7. The molecular formula is C19H20N4O3. The number of nitrogens with zero attached hydrogens (tertiary/aromatic N) is 3. The Morgan fingerprint density at radius 1 is 1.08 bits per heavy atom. The standard InChI is InChI=1S/C19H20N4O3/c1-23-11-10-21-18(23)17(22-19(24)13-6-8-20-9-7-13)14-4-5-15(25-2)16(12-14)26-3/h4-12,17H,1-3H3,(H,22,24). The normalized spacial score (nSPS) is 11.7. The molecule has 3 aromatic rings. The fourth-order valence-electron chi connectivity index (χ4n) is 2.70. The van der Waals surface area contributed by atoms with E-state index < -0.39 is 6.04 Å². The molecule has 0 radical (unpaired) electrons. The van der Waals surface area contributed by atoms with Crippen molar-refractivity contribution in [2.75, 3.05) is 14.2 Å². The van der Waals surface area contributed by atoms with Crippen molar-refractivity contribution in [1.29, 1.82) is 0 Å². The lowest BCUT2D eigenvalue weighted by Crippen LogP contribution is -2.31. The van der Waals surface area contributed by atoms with Crippen LogP contribution in [0.15, 0.2) is 55.1 Å². The van der Waals surface area contributed by atoms with E-state index in [0.29, 0.717) is 22.9 Å². The third-order valence-corrected chi connectivity index (χ3v) is 4.08. The van der Waals surface area contributed by atoms with Crippen molar-refractivity contribution in [1.82, 2.24) is 19.9 Å². The number of rotatable bonds is 6. The second-order valence-corrected chi connectivity index (χ2v) is 5.65. The van der Waals surface area contributed by atoms with Gasteiger partial charge in [-0.3, -0.25) is 9.78 Å². The molecule has 0 aliphatic carbocycles. The summed E-state index contributed by atoms with van der Waals surface area (Å²) in [5.41, 5.74) is 1.36. The van der Waals surface area contributed by atoms with Gasteiger partial charge in [0.15, 0.2) is 11.5 Å². The number of aromatic nitrogens is 3. The van der Waals surface area contributed by atoms with Crippen molar-refractivity contribution in [2.45, 2.75) is 6.04 Å². The summed E-state index contributed by atoms with van der Waals surface area (Å²) in [6, 6.07) is 8.41. The van der Waals surface area contributed by atoms with Gasteiger partial charge in [-0.05, 0) is 29.8 Å². The van der Waals surface area contributed by atoms with Crippen LogP contribution in [0.3, 0.4) is 0 Å². The molecule has 7 heteroatoms. The molecule has 2 aromatic heterocycles. The number of imidazole rings is 1. The minimum Gasteiger partial charge on any atom is -0.493 e. The number of hydrogen-bond acceptors (Lipinski definition) is 5. The molecule has 3 rings (SSSR count). The van der Waals surface area contributed by atoms with E-state index in [1.54, 1.807) is 44.9 Å². The minimum atomic E-state index is -0.449. The Hall–Kier alpha value is -3.35. The lowest BCUT2D eigenvalue weighted by molar-refractivity contribution is 0.0941. The number of benzene rings is 1. The molecule has 0 saturated heterocycles. The molecule has 1 unspecified atom stereocenters. The van der Waals surface area contributed by atoms with Gasteiger partial charge in [0.05, 0.1) is 14.2 Å². The van der Waals surface area contributed by atoms with E-state index in [0.717, 1.165) is 5.56 Å². The summed E-state index contributed by atoms with van der Waals surface area (Å²) in [6.45, 7) is 0. The van der Waals surface area contributed by atoms with Crippen LogP contribution >= 0.6 is 0 Å². The lowest BCUT2D eigenvalue weighted by Gasteiger charge is -2.20. The third kappa shape index (κ3) is 3.51. The van der Waals surface area contributed by atoms with Gasteiger partial charge in [-0.25, -0.2) is 4.98 Å². The van der Waals surface area contributed by atoms with Crippen LogP contribution in [0.4, 0.5) is 0 Å². The van der Waals surface area contributed by atoms with E-state index in [-0.39, 0.29) is 5.91 Å². The fourth-order valence-corrected chi connectivity index (χ4v) is 2.70. The van der Waals surface area contributed by atoms with E-state index in [4.69, 9.17) is 9.47 Å². The molecule has 2 heterocycles. The number of carbonyl (C=O) groups is 1. The second kappa shape index (κ2) is 7.69. The van der Waals surface area contributed by atoms with Gasteiger partial charge in [0.2, 0.25) is 0 Å². The van der Waals surface area contributed by atoms with Crippen LogP contribution in [0.1, 0.15) is 27.8 Å². The summed E-state index contributed by atoms with van der Waals surface area (Å²) in [5.74, 6) is 1.70. The molecule has 7 nitrogen and oxygen atoms in total. The van der Waals surface area contributed by atoms with Crippen LogP contribution < -0.4 is 14.8 Å². The Morgan fingerprint density at radius 2 is 1.81 bits per heavy atom. The van der Waals surface area contributed by atoms with Crippen molar-refractivity contribution >= 4 is 5.91 Å². The average Bonchev–Trinajstić information content (AvgIpc) is 3.11. The quantitative estimate of drug-likeness (QED) is 0.737. The maximum Gasteiger partial charge on any atom is 0.252 e. The van der Waals surface area contributed by atoms with Crippen molar-refractivity contribution in [3.8, 4) is 11.5 Å². The van der Waals surface area contributed by atoms with E-state index in [1.165, 1.54) is 0 Å². The number of aryl methyl sites for hydroxylation is 1. The molecule has 26 heavy (non-hydrogen) atoms. The minimum absolute atomic E-state index is 0.213. The summed E-state index contributed by atoms with van der Waals surface area (Å²) < 4.78 is 12.6. The van der Waals surface area contributed by atoms with Crippen LogP contribution in [0.2, 0.25) is 0 Å². The van der Waals surface area contributed by atoms with Crippen molar-refractivity contribution in [3.05, 3.63) is 72.1 Å². The van der Waals surface area contributed by atoms with E-state index >= 15 is 0 Å². The average molecular weight is 352 g/mol. The molecule has 0 saturated carbocycles. The topological polar surface area (TPSA) is 78.3 Å². The third-order valence-electron chi connectivity index (χ3n) is 4.08. The van der Waals surface area contributed by atoms with Gasteiger partial charge in [0, 0.05) is 37.4 Å². The number of pyridine rings is 1. The Balaban J connectivity index is 1.99. The molecule has 1 atom stereocenters. The first-order valence-corrected chi connectivity index (χ1v) is 8.04. The molecule has 1 aromatic carbocycles. The van der Waals surface area contributed by atoms with Crippen LogP contribution in [0.25, 0.3) is 0 Å². The number of nitrogens with one attached hydrogen (secondary N) is 1. The fraction of sp³-hybridized carbons (Fsp3) is 0.211. The highest BCUT2D eigenvalue weighted by molar-refractivity contribution is 5.94. The van der Waals surface area contributed by atoms with Crippen molar-refractivity contribution in [3.63, 3.8) is 0 Å². The number of methoxy groups -OCH3 is 2. The molecule has 0 aliphatic rings. The Kier molecular flexibility index (Phi) is 5.17. The van der Waals surface area contributed by atoms with Gasteiger partial charge >= 0.3 is 0 Å². The Bertz CT molecular complexity index is 893. The number of carbonyl (C=O) groups excluding carboxylic acids is 1. The monoisotopic (exact) mass is 352 g/mol. The van der Waals surface area contributed by atoms with Gasteiger partial charge in [-0.1, -0.05) is 6.07 Å². The smallest absolute Gasteiger partial charge is 0.252 e.